The molecule has 3 heterocycles. The highest BCUT2D eigenvalue weighted by Gasteiger charge is 2.11. The van der Waals surface area contributed by atoms with Gasteiger partial charge in [0.2, 0.25) is 0 Å². The Kier molecular flexibility index (Phi) is 2.57. The molecule has 2 aromatic heterocycles. The fraction of sp³-hybridized carbons (Fsp3) is 0.364. The fourth-order valence-electron chi connectivity index (χ4n) is 2.06. The van der Waals surface area contributed by atoms with E-state index in [1.54, 1.807) is 0 Å². The van der Waals surface area contributed by atoms with Crippen molar-refractivity contribution in [3.63, 3.8) is 0 Å². The number of hydrogen-bond donors (Lipinski definition) is 1. The highest BCUT2D eigenvalue weighted by Crippen LogP contribution is 2.20. The zero-order valence-electron chi connectivity index (χ0n) is 8.86. The maximum Gasteiger partial charge on any atom is 0.139 e. The van der Waals surface area contributed by atoms with E-state index in [0.717, 1.165) is 36.4 Å². The Morgan fingerprint density at radius 2 is 2.12 bits per heavy atom. The zero-order valence-corrected chi connectivity index (χ0v) is 10.4. The van der Waals surface area contributed by atoms with Gasteiger partial charge in [-0.05, 0) is 22.0 Å². The first-order valence-electron chi connectivity index (χ1n) is 5.43. The van der Waals surface area contributed by atoms with E-state index in [0.29, 0.717) is 0 Å². The van der Waals surface area contributed by atoms with Crippen molar-refractivity contribution in [2.45, 2.75) is 0 Å². The molecule has 0 saturated carbocycles. The average molecular weight is 281 g/mol. The minimum atomic E-state index is 0.989. The maximum atomic E-state index is 4.35. The summed E-state index contributed by atoms with van der Waals surface area (Å²) in [7, 11) is 0. The molecule has 0 aliphatic carbocycles. The van der Waals surface area contributed by atoms with E-state index in [1.165, 1.54) is 5.69 Å². The number of nitrogens with one attached hydrogen (secondary N) is 1. The number of fused-ring (bicyclic) bond motifs is 1. The van der Waals surface area contributed by atoms with Crippen molar-refractivity contribution in [2.75, 3.05) is 31.1 Å². The van der Waals surface area contributed by atoms with Crippen molar-refractivity contribution in [1.29, 1.82) is 0 Å². The quantitative estimate of drug-likeness (QED) is 0.860. The van der Waals surface area contributed by atoms with E-state index >= 15 is 0 Å². The van der Waals surface area contributed by atoms with Gasteiger partial charge < -0.3 is 10.2 Å². The molecule has 16 heavy (non-hydrogen) atoms. The van der Waals surface area contributed by atoms with Crippen LogP contribution in [-0.4, -0.2) is 35.6 Å². The number of aromatic nitrogens is 2. The lowest BCUT2D eigenvalue weighted by atomic mass is 10.3. The van der Waals surface area contributed by atoms with Crippen molar-refractivity contribution in [2.24, 2.45) is 0 Å². The predicted molar refractivity (Wildman–Crippen MR) is 68.0 cm³/mol. The average Bonchev–Trinajstić information content (AvgIpc) is 2.72. The van der Waals surface area contributed by atoms with Crippen LogP contribution in [0.15, 0.2) is 29.1 Å². The molecule has 0 atom stereocenters. The lowest BCUT2D eigenvalue weighted by Crippen LogP contribution is -2.43. The molecule has 1 saturated heterocycles. The number of pyridine rings is 1. The maximum absolute atomic E-state index is 4.35. The summed E-state index contributed by atoms with van der Waals surface area (Å²) < 4.78 is 3.03. The SMILES string of the molecule is Brc1cnc2cc(N3CCNCC3)ccn12. The third kappa shape index (κ3) is 1.70. The fourth-order valence-corrected chi connectivity index (χ4v) is 2.46. The molecule has 1 aliphatic heterocycles. The van der Waals surface area contributed by atoms with Gasteiger partial charge in [0, 0.05) is 44.1 Å². The first-order valence-corrected chi connectivity index (χ1v) is 6.22. The molecule has 2 aromatic rings. The summed E-state index contributed by atoms with van der Waals surface area (Å²) in [6, 6.07) is 4.28. The molecule has 0 radical (unpaired) electrons. The van der Waals surface area contributed by atoms with E-state index in [2.05, 4.69) is 49.5 Å². The van der Waals surface area contributed by atoms with Crippen LogP contribution < -0.4 is 10.2 Å². The minimum Gasteiger partial charge on any atom is -0.369 e. The summed E-state index contributed by atoms with van der Waals surface area (Å²) in [5, 5.41) is 3.36. The molecule has 0 bridgehead atoms. The largest absolute Gasteiger partial charge is 0.369 e. The highest BCUT2D eigenvalue weighted by atomic mass is 79.9. The van der Waals surface area contributed by atoms with E-state index in [-0.39, 0.29) is 0 Å². The Bertz CT molecular complexity index is 502. The van der Waals surface area contributed by atoms with Gasteiger partial charge in [-0.3, -0.25) is 4.40 Å². The van der Waals surface area contributed by atoms with E-state index < -0.39 is 0 Å². The molecule has 1 aliphatic rings. The summed E-state index contributed by atoms with van der Waals surface area (Å²) in [6.07, 6.45) is 3.89. The molecule has 0 spiro atoms. The topological polar surface area (TPSA) is 32.6 Å². The molecule has 84 valence electrons. The van der Waals surface area contributed by atoms with Gasteiger partial charge in [-0.25, -0.2) is 4.98 Å². The van der Waals surface area contributed by atoms with Gasteiger partial charge in [0.1, 0.15) is 10.3 Å². The van der Waals surface area contributed by atoms with Crippen molar-refractivity contribution in [3.8, 4) is 0 Å². The Labute approximate surface area is 102 Å². The summed E-state index contributed by atoms with van der Waals surface area (Å²) in [5.41, 5.74) is 2.25. The number of rotatable bonds is 1. The van der Waals surface area contributed by atoms with Gasteiger partial charge >= 0.3 is 0 Å². The summed E-state index contributed by atoms with van der Waals surface area (Å²) in [5.74, 6) is 0. The van der Waals surface area contributed by atoms with Crippen LogP contribution in [0, 0.1) is 0 Å². The van der Waals surface area contributed by atoms with Crippen LogP contribution in [-0.2, 0) is 0 Å². The van der Waals surface area contributed by atoms with Crippen LogP contribution in [0.3, 0.4) is 0 Å². The first kappa shape index (κ1) is 10.1. The molecular weight excluding hydrogens is 268 g/mol. The smallest absolute Gasteiger partial charge is 0.139 e. The monoisotopic (exact) mass is 280 g/mol. The van der Waals surface area contributed by atoms with Crippen LogP contribution in [0.4, 0.5) is 5.69 Å². The van der Waals surface area contributed by atoms with Gasteiger partial charge in [0.25, 0.3) is 0 Å². The van der Waals surface area contributed by atoms with Crippen molar-refractivity contribution < 1.29 is 0 Å². The Balaban J connectivity index is 1.97. The molecular formula is C11H13BrN4. The summed E-state index contributed by atoms with van der Waals surface area (Å²) >= 11 is 3.46. The van der Waals surface area contributed by atoms with E-state index in [4.69, 9.17) is 0 Å². The third-order valence-corrected chi connectivity index (χ3v) is 3.52. The van der Waals surface area contributed by atoms with Gasteiger partial charge in [0.05, 0.1) is 6.20 Å². The Morgan fingerprint density at radius 1 is 1.31 bits per heavy atom. The van der Waals surface area contributed by atoms with E-state index in [9.17, 15) is 0 Å². The molecule has 3 rings (SSSR count). The van der Waals surface area contributed by atoms with Gasteiger partial charge in [0.15, 0.2) is 0 Å². The van der Waals surface area contributed by atoms with Gasteiger partial charge in [-0.15, -0.1) is 0 Å². The number of anilines is 1. The number of nitrogens with zero attached hydrogens (tertiary/aromatic N) is 3. The first-order chi connectivity index (χ1) is 7.84. The standard InChI is InChI=1S/C11H13BrN4/c12-10-8-14-11-7-9(1-4-16(10)11)15-5-2-13-3-6-15/h1,4,7-8,13H,2-3,5-6H2. The van der Waals surface area contributed by atoms with Crippen LogP contribution in [0.2, 0.25) is 0 Å². The second kappa shape index (κ2) is 4.07. The molecule has 1 fully saturated rings. The minimum absolute atomic E-state index is 0.989. The normalized spacial score (nSPS) is 16.9. The van der Waals surface area contributed by atoms with Crippen molar-refractivity contribution >= 4 is 27.3 Å². The van der Waals surface area contributed by atoms with Crippen LogP contribution in [0.5, 0.6) is 0 Å². The van der Waals surface area contributed by atoms with E-state index in [1.807, 2.05) is 10.6 Å². The lowest BCUT2D eigenvalue weighted by Gasteiger charge is -2.29. The Morgan fingerprint density at radius 3 is 2.94 bits per heavy atom. The van der Waals surface area contributed by atoms with Gasteiger partial charge in [-0.2, -0.15) is 0 Å². The van der Waals surface area contributed by atoms with Crippen LogP contribution >= 0.6 is 15.9 Å². The lowest BCUT2D eigenvalue weighted by molar-refractivity contribution is 0.589. The van der Waals surface area contributed by atoms with Crippen molar-refractivity contribution in [3.05, 3.63) is 29.1 Å². The number of piperazine rings is 1. The molecule has 0 amide bonds. The summed E-state index contributed by atoms with van der Waals surface area (Å²) in [6.45, 7) is 4.25. The predicted octanol–water partition coefficient (Wildman–Crippen LogP) is 1.51. The zero-order chi connectivity index (χ0) is 11.0. The second-order valence-electron chi connectivity index (χ2n) is 3.93. The van der Waals surface area contributed by atoms with Crippen molar-refractivity contribution in [1.82, 2.24) is 14.7 Å². The van der Waals surface area contributed by atoms with Crippen LogP contribution in [0.25, 0.3) is 5.65 Å². The third-order valence-electron chi connectivity index (χ3n) is 2.93. The molecule has 0 unspecified atom stereocenters. The second-order valence-corrected chi connectivity index (χ2v) is 4.74. The molecule has 0 aromatic carbocycles. The number of hydrogen-bond acceptors (Lipinski definition) is 3. The van der Waals surface area contributed by atoms with Crippen LogP contribution in [0.1, 0.15) is 0 Å². The molecule has 5 heteroatoms. The summed E-state index contributed by atoms with van der Waals surface area (Å²) in [4.78, 5) is 6.74. The highest BCUT2D eigenvalue weighted by molar-refractivity contribution is 9.10. The number of imidazole rings is 1. The van der Waals surface area contributed by atoms with Gasteiger partial charge in [-0.1, -0.05) is 0 Å². The molecule has 1 N–H and O–H groups in total. The number of halogens is 1. The Hall–Kier alpha value is -1.07. The molecule has 4 nitrogen and oxygen atoms in total.